The van der Waals surface area contributed by atoms with E-state index in [1.807, 2.05) is 5.32 Å². The average molecular weight is 395 g/mol. The van der Waals surface area contributed by atoms with E-state index < -0.39 is 33.9 Å². The maximum Gasteiger partial charge on any atom is 0.433 e. The number of benzene rings is 1. The van der Waals surface area contributed by atoms with Crippen molar-refractivity contribution in [3.8, 4) is 0 Å². The van der Waals surface area contributed by atoms with E-state index in [2.05, 4.69) is 9.97 Å². The summed E-state index contributed by atoms with van der Waals surface area (Å²) in [5.41, 5.74) is -1.33. The van der Waals surface area contributed by atoms with Gasteiger partial charge in [-0.25, -0.2) is 27.9 Å². The Bertz CT molecular complexity index is 919. The minimum Gasteiger partial charge on any atom is -0.275 e. The van der Waals surface area contributed by atoms with Crippen molar-refractivity contribution in [3.05, 3.63) is 46.7 Å². The van der Waals surface area contributed by atoms with E-state index in [0.29, 0.717) is 6.07 Å². The van der Waals surface area contributed by atoms with Crippen molar-refractivity contribution >= 4 is 33.6 Å². The summed E-state index contributed by atoms with van der Waals surface area (Å²) in [5.74, 6) is -0.689. The fourth-order valence-corrected chi connectivity index (χ4v) is 2.92. The van der Waals surface area contributed by atoms with Crippen LogP contribution < -0.4 is 10.0 Å². The van der Waals surface area contributed by atoms with Gasteiger partial charge in [0.15, 0.2) is 0 Å². The Balaban J connectivity index is 2.19. The Labute approximate surface area is 145 Å². The first-order chi connectivity index (χ1) is 11.5. The van der Waals surface area contributed by atoms with E-state index in [-0.39, 0.29) is 15.6 Å². The van der Waals surface area contributed by atoms with Gasteiger partial charge in [0.25, 0.3) is 10.0 Å². The van der Waals surface area contributed by atoms with E-state index in [9.17, 15) is 26.4 Å². The average Bonchev–Trinajstić information content (AvgIpc) is 2.45. The van der Waals surface area contributed by atoms with Crippen LogP contribution in [0.1, 0.15) is 11.4 Å². The summed E-state index contributed by atoms with van der Waals surface area (Å²) in [7, 11) is -4.28. The lowest BCUT2D eigenvalue weighted by molar-refractivity contribution is -0.141. The second-order valence-corrected chi connectivity index (χ2v) is 6.85. The minimum absolute atomic E-state index is 0.0599. The molecule has 1 aromatic heterocycles. The van der Waals surface area contributed by atoms with Crippen molar-refractivity contribution in [3.63, 3.8) is 0 Å². The fraction of sp³-hybridized carbons (Fsp3) is 0.154. The Kier molecular flexibility index (Phi) is 5.18. The highest BCUT2D eigenvalue weighted by Crippen LogP contribution is 2.28. The van der Waals surface area contributed by atoms with Crippen LogP contribution in [-0.4, -0.2) is 24.4 Å². The van der Waals surface area contributed by atoms with E-state index in [1.165, 1.54) is 25.1 Å². The SMILES string of the molecule is Cc1cc(C(F)(F)F)nc(NC(=O)NS(=O)(=O)c2cccc(Cl)c2)n1. The van der Waals surface area contributed by atoms with E-state index >= 15 is 0 Å². The number of rotatable bonds is 3. The lowest BCUT2D eigenvalue weighted by Gasteiger charge is -2.11. The molecule has 12 heteroatoms. The molecule has 2 N–H and O–H groups in total. The zero-order valence-electron chi connectivity index (χ0n) is 12.4. The maximum atomic E-state index is 12.7. The van der Waals surface area contributed by atoms with E-state index in [1.54, 1.807) is 4.72 Å². The molecule has 0 aliphatic carbocycles. The lowest BCUT2D eigenvalue weighted by Crippen LogP contribution is -2.35. The number of alkyl halides is 3. The highest BCUT2D eigenvalue weighted by molar-refractivity contribution is 7.90. The molecule has 0 spiro atoms. The highest BCUT2D eigenvalue weighted by Gasteiger charge is 2.33. The smallest absolute Gasteiger partial charge is 0.275 e. The molecule has 0 fully saturated rings. The summed E-state index contributed by atoms with van der Waals surface area (Å²) >= 11 is 5.68. The first-order valence-electron chi connectivity index (χ1n) is 6.49. The number of urea groups is 1. The van der Waals surface area contributed by atoms with Gasteiger partial charge in [0.1, 0.15) is 5.69 Å². The molecule has 0 aliphatic rings. The van der Waals surface area contributed by atoms with Gasteiger partial charge in [0.2, 0.25) is 5.95 Å². The molecular weight excluding hydrogens is 385 g/mol. The zero-order valence-corrected chi connectivity index (χ0v) is 14.0. The molecule has 0 atom stereocenters. The Morgan fingerprint density at radius 1 is 1.20 bits per heavy atom. The number of aryl methyl sites for hydroxylation is 1. The van der Waals surface area contributed by atoms with Crippen molar-refractivity contribution in [1.82, 2.24) is 14.7 Å². The third-order valence-corrected chi connectivity index (χ3v) is 4.27. The van der Waals surface area contributed by atoms with Crippen molar-refractivity contribution in [2.24, 2.45) is 0 Å². The van der Waals surface area contributed by atoms with Crippen LogP contribution >= 0.6 is 11.6 Å². The van der Waals surface area contributed by atoms with Gasteiger partial charge in [-0.2, -0.15) is 13.2 Å². The van der Waals surface area contributed by atoms with Crippen LogP contribution in [0.4, 0.5) is 23.9 Å². The molecule has 7 nitrogen and oxygen atoms in total. The third-order valence-electron chi connectivity index (χ3n) is 2.70. The number of carbonyl (C=O) groups excluding carboxylic acids is 1. The van der Waals surface area contributed by atoms with E-state index in [0.717, 1.165) is 6.07 Å². The molecule has 1 aromatic carbocycles. The Morgan fingerprint density at radius 2 is 1.88 bits per heavy atom. The van der Waals surface area contributed by atoms with Gasteiger partial charge < -0.3 is 0 Å². The standard InChI is InChI=1S/C13H10ClF3N4O3S/c1-7-5-10(13(15,16)17)19-11(18-7)20-12(22)21-25(23,24)9-4-2-3-8(14)6-9/h2-6H,1H3,(H2,18,19,20,21,22). The lowest BCUT2D eigenvalue weighted by atomic mass is 10.3. The largest absolute Gasteiger partial charge is 0.433 e. The van der Waals surface area contributed by atoms with Crippen LogP contribution in [0.2, 0.25) is 5.02 Å². The normalized spacial score (nSPS) is 11.9. The molecular formula is C13H10ClF3N4O3S. The van der Waals surface area contributed by atoms with Crippen LogP contribution in [0.25, 0.3) is 0 Å². The quantitative estimate of drug-likeness (QED) is 0.833. The van der Waals surface area contributed by atoms with Crippen LogP contribution in [0, 0.1) is 6.92 Å². The number of halogens is 4. The number of anilines is 1. The topological polar surface area (TPSA) is 101 Å². The highest BCUT2D eigenvalue weighted by atomic mass is 35.5. The number of aromatic nitrogens is 2. The second kappa shape index (κ2) is 6.84. The first kappa shape index (κ1) is 18.9. The van der Waals surface area contributed by atoms with Gasteiger partial charge in [0, 0.05) is 10.7 Å². The van der Waals surface area contributed by atoms with Gasteiger partial charge in [-0.1, -0.05) is 17.7 Å². The molecule has 2 amide bonds. The second-order valence-electron chi connectivity index (χ2n) is 4.73. The van der Waals surface area contributed by atoms with Gasteiger partial charge in [-0.3, -0.25) is 5.32 Å². The number of carbonyl (C=O) groups is 1. The predicted octanol–water partition coefficient (Wildman–Crippen LogP) is 2.97. The molecule has 0 unspecified atom stereocenters. The van der Waals surface area contributed by atoms with Gasteiger partial charge in [-0.05, 0) is 31.2 Å². The molecule has 0 saturated carbocycles. The van der Waals surface area contributed by atoms with Crippen molar-refractivity contribution < 1.29 is 26.4 Å². The van der Waals surface area contributed by atoms with Crippen molar-refractivity contribution in [2.75, 3.05) is 5.32 Å². The summed E-state index contributed by atoms with van der Waals surface area (Å²) in [6, 6.07) is 4.44. The van der Waals surface area contributed by atoms with Gasteiger partial charge in [-0.15, -0.1) is 0 Å². The van der Waals surface area contributed by atoms with Gasteiger partial charge >= 0.3 is 12.2 Å². The number of sulfonamides is 1. The van der Waals surface area contributed by atoms with Crippen molar-refractivity contribution in [1.29, 1.82) is 0 Å². The number of nitrogens with zero attached hydrogens (tertiary/aromatic N) is 2. The fourth-order valence-electron chi connectivity index (χ4n) is 1.71. The molecule has 25 heavy (non-hydrogen) atoms. The van der Waals surface area contributed by atoms with Crippen molar-refractivity contribution in [2.45, 2.75) is 18.0 Å². The Hall–Kier alpha value is -2.40. The molecule has 2 rings (SSSR count). The number of hydrogen-bond donors (Lipinski definition) is 2. The zero-order chi connectivity index (χ0) is 18.8. The maximum absolute atomic E-state index is 12.7. The molecule has 2 aromatic rings. The number of amides is 2. The summed E-state index contributed by atoms with van der Waals surface area (Å²) in [5, 5.41) is 1.98. The minimum atomic E-state index is -4.74. The summed E-state index contributed by atoms with van der Waals surface area (Å²) in [6.45, 7) is 1.27. The first-order valence-corrected chi connectivity index (χ1v) is 8.36. The van der Waals surface area contributed by atoms with E-state index in [4.69, 9.17) is 11.6 Å². The summed E-state index contributed by atoms with van der Waals surface area (Å²) in [4.78, 5) is 18.2. The molecule has 0 saturated heterocycles. The molecule has 1 heterocycles. The summed E-state index contributed by atoms with van der Waals surface area (Å²) < 4.78 is 63.7. The van der Waals surface area contributed by atoms with Crippen LogP contribution in [-0.2, 0) is 16.2 Å². The Morgan fingerprint density at radius 3 is 2.48 bits per heavy atom. The third kappa shape index (κ3) is 5.03. The predicted molar refractivity (Wildman–Crippen MR) is 82.6 cm³/mol. The van der Waals surface area contributed by atoms with Crippen LogP contribution in [0.5, 0.6) is 0 Å². The summed E-state index contributed by atoms with van der Waals surface area (Å²) in [6.07, 6.45) is -4.74. The molecule has 0 aliphatic heterocycles. The van der Waals surface area contributed by atoms with Crippen LogP contribution in [0.3, 0.4) is 0 Å². The monoisotopic (exact) mass is 394 g/mol. The number of hydrogen-bond acceptors (Lipinski definition) is 5. The molecule has 134 valence electrons. The molecule has 0 bridgehead atoms. The number of nitrogens with one attached hydrogen (secondary N) is 2. The van der Waals surface area contributed by atoms with Crippen LogP contribution in [0.15, 0.2) is 35.2 Å². The van der Waals surface area contributed by atoms with Gasteiger partial charge in [0.05, 0.1) is 4.90 Å². The molecule has 0 radical (unpaired) electrons.